The van der Waals surface area contributed by atoms with Gasteiger partial charge < -0.3 is 4.74 Å². The van der Waals surface area contributed by atoms with E-state index in [4.69, 9.17) is 4.74 Å². The van der Waals surface area contributed by atoms with Crippen LogP contribution in [0.2, 0.25) is 0 Å². The SMILES string of the molecule is CCCCC(=O)O[C@@H](C)[C@H]1CC(=O)[C@@]2(C)CC[C@H]3[C@@H](CCC4=CC(=O)C=C(C)[C@@]43C)[C@H]12. The number of hydrogen-bond donors (Lipinski definition) is 0. The molecule has 4 aliphatic carbocycles. The third kappa shape index (κ3) is 3.45. The van der Waals surface area contributed by atoms with Gasteiger partial charge in [-0.15, -0.1) is 0 Å². The van der Waals surface area contributed by atoms with Crippen molar-refractivity contribution in [1.82, 2.24) is 0 Å². The van der Waals surface area contributed by atoms with Crippen molar-refractivity contribution in [3.63, 3.8) is 0 Å². The first-order chi connectivity index (χ1) is 14.6. The summed E-state index contributed by atoms with van der Waals surface area (Å²) in [5.41, 5.74) is 2.06. The molecule has 0 amide bonds. The number of unbranched alkanes of at least 4 members (excludes halogenated alkanes) is 1. The summed E-state index contributed by atoms with van der Waals surface area (Å²) in [6.07, 6.45) is 10.1. The number of Topliss-reactive ketones (excluding diaryl/α,β-unsaturated/α-hetero) is 1. The molecule has 0 spiro atoms. The molecule has 4 aliphatic rings. The molecular weight excluding hydrogens is 388 g/mol. The van der Waals surface area contributed by atoms with Crippen LogP contribution in [0.5, 0.6) is 0 Å². The molecule has 0 bridgehead atoms. The number of rotatable bonds is 5. The normalized spacial score (nSPS) is 40.3. The van der Waals surface area contributed by atoms with Crippen molar-refractivity contribution in [2.24, 2.45) is 34.5 Å². The lowest BCUT2D eigenvalue weighted by atomic mass is 9.46. The Labute approximate surface area is 186 Å². The molecule has 31 heavy (non-hydrogen) atoms. The highest BCUT2D eigenvalue weighted by molar-refractivity contribution is 6.02. The predicted octanol–water partition coefficient (Wildman–Crippen LogP) is 5.60. The molecule has 0 radical (unpaired) electrons. The van der Waals surface area contributed by atoms with E-state index in [1.54, 1.807) is 0 Å². The van der Waals surface area contributed by atoms with Crippen molar-refractivity contribution in [2.75, 3.05) is 0 Å². The standard InChI is InChI=1S/C27H38O4/c1-6-7-8-24(30)31-17(3)21-15-23(29)26(4)12-11-22-20(25(21)26)10-9-18-14-19(28)13-16(2)27(18,22)5/h13-14,17,20-22,25H,6-12,15H2,1-5H3/t17-,20+,21+,22-,25+,26+,27-/m0/s1. The van der Waals surface area contributed by atoms with Crippen LogP contribution in [-0.2, 0) is 19.1 Å². The molecule has 0 unspecified atom stereocenters. The van der Waals surface area contributed by atoms with Crippen LogP contribution in [0.1, 0.15) is 86.0 Å². The Morgan fingerprint density at radius 2 is 1.97 bits per heavy atom. The van der Waals surface area contributed by atoms with E-state index in [1.807, 2.05) is 19.1 Å². The van der Waals surface area contributed by atoms with Gasteiger partial charge in [-0.3, -0.25) is 14.4 Å². The molecule has 4 rings (SSSR count). The minimum absolute atomic E-state index is 0.0879. The zero-order chi connectivity index (χ0) is 22.6. The van der Waals surface area contributed by atoms with Gasteiger partial charge in [0, 0.05) is 29.6 Å². The number of ether oxygens (including phenoxy) is 1. The number of fused-ring (bicyclic) bond motifs is 5. The maximum atomic E-state index is 13.2. The van der Waals surface area contributed by atoms with E-state index in [0.29, 0.717) is 30.5 Å². The molecule has 3 fully saturated rings. The lowest BCUT2D eigenvalue weighted by Crippen LogP contribution is -2.52. The van der Waals surface area contributed by atoms with Gasteiger partial charge in [0.2, 0.25) is 0 Å². The fraction of sp³-hybridized carbons (Fsp3) is 0.741. The van der Waals surface area contributed by atoms with E-state index in [2.05, 4.69) is 27.7 Å². The molecule has 4 nitrogen and oxygen atoms in total. The van der Waals surface area contributed by atoms with Crippen LogP contribution in [0.25, 0.3) is 0 Å². The number of hydrogen-bond acceptors (Lipinski definition) is 4. The largest absolute Gasteiger partial charge is 0.462 e. The topological polar surface area (TPSA) is 60.4 Å². The zero-order valence-electron chi connectivity index (χ0n) is 19.8. The maximum absolute atomic E-state index is 13.2. The van der Waals surface area contributed by atoms with Crippen LogP contribution in [0, 0.1) is 34.5 Å². The maximum Gasteiger partial charge on any atom is 0.306 e. The second kappa shape index (κ2) is 8.01. The second-order valence-corrected chi connectivity index (χ2v) is 11.0. The highest BCUT2D eigenvalue weighted by Crippen LogP contribution is 2.66. The first-order valence-electron chi connectivity index (χ1n) is 12.3. The van der Waals surface area contributed by atoms with Crippen LogP contribution in [0.4, 0.5) is 0 Å². The van der Waals surface area contributed by atoms with Crippen LogP contribution < -0.4 is 0 Å². The molecule has 170 valence electrons. The Morgan fingerprint density at radius 3 is 2.68 bits per heavy atom. The summed E-state index contributed by atoms with van der Waals surface area (Å²) < 4.78 is 5.87. The van der Waals surface area contributed by atoms with Crippen molar-refractivity contribution in [3.05, 3.63) is 23.3 Å². The van der Waals surface area contributed by atoms with Crippen molar-refractivity contribution >= 4 is 17.5 Å². The van der Waals surface area contributed by atoms with Gasteiger partial charge in [0.15, 0.2) is 5.78 Å². The molecule has 4 heteroatoms. The number of carbonyl (C=O) groups is 3. The van der Waals surface area contributed by atoms with Crippen LogP contribution in [0.15, 0.2) is 23.3 Å². The fourth-order valence-corrected chi connectivity index (χ4v) is 7.64. The predicted molar refractivity (Wildman–Crippen MR) is 120 cm³/mol. The fourth-order valence-electron chi connectivity index (χ4n) is 7.64. The summed E-state index contributed by atoms with van der Waals surface area (Å²) in [4.78, 5) is 37.8. The quantitative estimate of drug-likeness (QED) is 0.537. The lowest BCUT2D eigenvalue weighted by molar-refractivity contribution is -0.154. The van der Waals surface area contributed by atoms with E-state index < -0.39 is 0 Å². The van der Waals surface area contributed by atoms with E-state index in [-0.39, 0.29) is 40.5 Å². The molecule has 0 saturated heterocycles. The highest BCUT2D eigenvalue weighted by Gasteiger charge is 2.63. The highest BCUT2D eigenvalue weighted by atomic mass is 16.5. The molecule has 0 aromatic heterocycles. The molecule has 0 aromatic rings. The summed E-state index contributed by atoms with van der Waals surface area (Å²) in [6.45, 7) is 10.7. The Bertz CT molecular complexity index is 851. The number of ketones is 2. The average molecular weight is 427 g/mol. The molecule has 0 aliphatic heterocycles. The van der Waals surface area contributed by atoms with Gasteiger partial charge in [-0.1, -0.05) is 38.3 Å². The summed E-state index contributed by atoms with van der Waals surface area (Å²) in [6, 6.07) is 0. The van der Waals surface area contributed by atoms with Gasteiger partial charge in [0.1, 0.15) is 11.9 Å². The molecular formula is C27H38O4. The third-order valence-electron chi connectivity index (χ3n) is 9.51. The van der Waals surface area contributed by atoms with Gasteiger partial charge >= 0.3 is 5.97 Å². The monoisotopic (exact) mass is 426 g/mol. The molecule has 0 N–H and O–H groups in total. The number of allylic oxidation sites excluding steroid dienone is 4. The van der Waals surface area contributed by atoms with Crippen molar-refractivity contribution < 1.29 is 19.1 Å². The molecule has 7 atom stereocenters. The first kappa shape index (κ1) is 22.5. The summed E-state index contributed by atoms with van der Waals surface area (Å²) in [5, 5.41) is 0. The van der Waals surface area contributed by atoms with Crippen molar-refractivity contribution in [3.8, 4) is 0 Å². The lowest BCUT2D eigenvalue weighted by Gasteiger charge is -2.58. The Kier molecular flexibility index (Phi) is 5.81. The second-order valence-electron chi connectivity index (χ2n) is 11.0. The van der Waals surface area contributed by atoms with Crippen LogP contribution in [0.3, 0.4) is 0 Å². The Hall–Kier alpha value is -1.71. The van der Waals surface area contributed by atoms with Gasteiger partial charge in [0.05, 0.1) is 0 Å². The van der Waals surface area contributed by atoms with Crippen molar-refractivity contribution in [1.29, 1.82) is 0 Å². The van der Waals surface area contributed by atoms with E-state index in [9.17, 15) is 14.4 Å². The molecule has 0 aromatic carbocycles. The minimum Gasteiger partial charge on any atom is -0.462 e. The molecule has 3 saturated carbocycles. The zero-order valence-corrected chi connectivity index (χ0v) is 19.8. The number of esters is 1. The minimum atomic E-state index is -0.310. The van der Waals surface area contributed by atoms with Gasteiger partial charge in [-0.2, -0.15) is 0 Å². The average Bonchev–Trinajstić information content (AvgIpc) is 2.99. The van der Waals surface area contributed by atoms with Gasteiger partial charge in [-0.25, -0.2) is 0 Å². The summed E-state index contributed by atoms with van der Waals surface area (Å²) in [7, 11) is 0. The van der Waals surface area contributed by atoms with Gasteiger partial charge in [-0.05, 0) is 75.9 Å². The summed E-state index contributed by atoms with van der Waals surface area (Å²) >= 11 is 0. The van der Waals surface area contributed by atoms with Crippen LogP contribution >= 0.6 is 0 Å². The first-order valence-corrected chi connectivity index (χ1v) is 12.3. The third-order valence-corrected chi connectivity index (χ3v) is 9.51. The van der Waals surface area contributed by atoms with Crippen LogP contribution in [-0.4, -0.2) is 23.6 Å². The Morgan fingerprint density at radius 1 is 1.23 bits per heavy atom. The van der Waals surface area contributed by atoms with E-state index in [0.717, 1.165) is 38.5 Å². The molecule has 0 heterocycles. The Balaban J connectivity index is 1.63. The number of carbonyl (C=O) groups excluding carboxylic acids is 3. The van der Waals surface area contributed by atoms with E-state index >= 15 is 0 Å². The van der Waals surface area contributed by atoms with Crippen molar-refractivity contribution in [2.45, 2.75) is 92.1 Å². The van der Waals surface area contributed by atoms with E-state index in [1.165, 1.54) is 11.1 Å². The smallest absolute Gasteiger partial charge is 0.306 e. The summed E-state index contributed by atoms with van der Waals surface area (Å²) in [5.74, 6) is 1.54. The van der Waals surface area contributed by atoms with Gasteiger partial charge in [0.25, 0.3) is 0 Å².